The first-order chi connectivity index (χ1) is 18.6. The van der Waals surface area contributed by atoms with E-state index in [-0.39, 0.29) is 5.91 Å². The Morgan fingerprint density at radius 3 is 2.49 bits per heavy atom. The molecular weight excluding hydrogens is 552 g/mol. The number of carbonyl (C=O) groups is 2. The van der Waals surface area contributed by atoms with Gasteiger partial charge in [0.15, 0.2) is 0 Å². The fourth-order valence-electron chi connectivity index (χ4n) is 4.37. The third-order valence-corrected chi connectivity index (χ3v) is 7.18. The first-order valence-corrected chi connectivity index (χ1v) is 13.7. The van der Waals surface area contributed by atoms with Crippen LogP contribution >= 0.6 is 23.2 Å². The van der Waals surface area contributed by atoms with Gasteiger partial charge < -0.3 is 20.9 Å². The van der Waals surface area contributed by atoms with Gasteiger partial charge in [-0.25, -0.2) is 4.79 Å². The summed E-state index contributed by atoms with van der Waals surface area (Å²) in [5.74, 6) is 0.161. The second-order valence-corrected chi connectivity index (χ2v) is 10.4. The Balaban J connectivity index is 1.26. The Bertz CT molecular complexity index is 1130. The Morgan fingerprint density at radius 2 is 1.77 bits per heavy atom. The number of nitrogens with zero attached hydrogens (tertiary/aromatic N) is 1. The van der Waals surface area contributed by atoms with E-state index in [9.17, 15) is 22.8 Å². The number of hydrogen-bond donors (Lipinski definition) is 3. The molecule has 212 valence electrons. The first-order valence-electron chi connectivity index (χ1n) is 13.0. The molecule has 1 saturated heterocycles. The molecule has 2 aromatic rings. The maximum atomic E-state index is 12.7. The Morgan fingerprint density at radius 1 is 1.00 bits per heavy atom. The van der Waals surface area contributed by atoms with Crippen molar-refractivity contribution < 1.29 is 22.8 Å². The van der Waals surface area contributed by atoms with Gasteiger partial charge in [-0.15, -0.1) is 0 Å². The lowest BCUT2D eigenvalue weighted by molar-refractivity contribution is -0.137. The van der Waals surface area contributed by atoms with Crippen molar-refractivity contribution in [3.63, 3.8) is 0 Å². The van der Waals surface area contributed by atoms with E-state index in [4.69, 9.17) is 23.2 Å². The molecule has 6 nitrogen and oxygen atoms in total. The number of benzene rings is 2. The normalized spacial score (nSPS) is 16.3. The van der Waals surface area contributed by atoms with E-state index in [1.54, 1.807) is 24.3 Å². The van der Waals surface area contributed by atoms with Crippen LogP contribution in [0.3, 0.4) is 0 Å². The largest absolute Gasteiger partial charge is 0.416 e. The van der Waals surface area contributed by atoms with Crippen molar-refractivity contribution >= 4 is 46.9 Å². The Kier molecular flexibility index (Phi) is 12.0. The van der Waals surface area contributed by atoms with E-state index >= 15 is 0 Å². The summed E-state index contributed by atoms with van der Waals surface area (Å²) in [6, 6.07) is 9.12. The van der Waals surface area contributed by atoms with Crippen molar-refractivity contribution in [2.75, 3.05) is 38.0 Å². The summed E-state index contributed by atoms with van der Waals surface area (Å²) >= 11 is 11.9. The summed E-state index contributed by atoms with van der Waals surface area (Å²) in [6.45, 7) is 3.97. The van der Waals surface area contributed by atoms with E-state index in [0.717, 1.165) is 69.4 Å². The number of hydrogen-bond acceptors (Lipinski definition) is 3. The standard InChI is InChI=1S/C28H33Cl2F3N4O2/c29-24-12-6-20(17-25(24)30)7-13-26(38)34-14-2-1-3-15-37-16-4-5-21(19-37)18-35-27(39)36-23-10-8-22(9-11-23)28(31,32)33/h6-13,17,21H,1-5,14-16,18-19H2,(H,34,38)(H2,35,36,39)/b13-7+. The van der Waals surface area contributed by atoms with Crippen molar-refractivity contribution in [1.29, 1.82) is 0 Å². The third kappa shape index (κ3) is 11.1. The maximum Gasteiger partial charge on any atom is 0.416 e. The SMILES string of the molecule is O=C(/C=C/c1ccc(Cl)c(Cl)c1)NCCCCCN1CCCC(CNC(=O)Nc2ccc(C(F)(F)F)cc2)C1. The van der Waals surface area contributed by atoms with Gasteiger partial charge in [0, 0.05) is 31.4 Å². The maximum absolute atomic E-state index is 12.7. The van der Waals surface area contributed by atoms with Crippen molar-refractivity contribution in [2.24, 2.45) is 5.92 Å². The first kappa shape index (κ1) is 30.8. The number of rotatable bonds is 11. The summed E-state index contributed by atoms with van der Waals surface area (Å²) in [4.78, 5) is 26.6. The zero-order valence-electron chi connectivity index (χ0n) is 21.5. The number of alkyl halides is 3. The number of nitrogens with one attached hydrogen (secondary N) is 3. The topological polar surface area (TPSA) is 73.5 Å². The average Bonchev–Trinajstić information content (AvgIpc) is 2.90. The molecule has 1 unspecified atom stereocenters. The van der Waals surface area contributed by atoms with Crippen molar-refractivity contribution in [3.8, 4) is 0 Å². The molecule has 3 amide bonds. The molecule has 3 N–H and O–H groups in total. The fraction of sp³-hybridized carbons (Fsp3) is 0.429. The van der Waals surface area contributed by atoms with Gasteiger partial charge >= 0.3 is 12.2 Å². The number of halogens is 5. The van der Waals surface area contributed by atoms with E-state index in [1.807, 2.05) is 0 Å². The van der Waals surface area contributed by atoms with Crippen LogP contribution in [0.1, 0.15) is 43.2 Å². The summed E-state index contributed by atoms with van der Waals surface area (Å²) in [6.07, 6.45) is 3.72. The number of piperidine rings is 1. The molecule has 1 aliphatic heterocycles. The van der Waals surface area contributed by atoms with Crippen LogP contribution in [0.25, 0.3) is 6.08 Å². The van der Waals surface area contributed by atoms with Crippen molar-refractivity contribution in [3.05, 3.63) is 69.7 Å². The Labute approximate surface area is 236 Å². The molecule has 0 saturated carbocycles. The molecule has 39 heavy (non-hydrogen) atoms. The van der Waals surface area contributed by atoms with E-state index in [0.29, 0.717) is 34.7 Å². The zero-order valence-corrected chi connectivity index (χ0v) is 23.0. The molecule has 0 spiro atoms. The van der Waals surface area contributed by atoms with Crippen LogP contribution in [0, 0.1) is 5.92 Å². The highest BCUT2D eigenvalue weighted by atomic mass is 35.5. The lowest BCUT2D eigenvalue weighted by atomic mass is 9.97. The van der Waals surface area contributed by atoms with Crippen LogP contribution in [0.5, 0.6) is 0 Å². The minimum absolute atomic E-state index is 0.158. The molecule has 0 bridgehead atoms. The number of urea groups is 1. The third-order valence-electron chi connectivity index (χ3n) is 6.45. The number of amides is 3. The molecule has 0 aliphatic carbocycles. The number of likely N-dealkylation sites (tertiary alicyclic amines) is 1. The highest BCUT2D eigenvalue weighted by Crippen LogP contribution is 2.29. The van der Waals surface area contributed by atoms with Crippen LogP contribution in [-0.2, 0) is 11.0 Å². The summed E-state index contributed by atoms with van der Waals surface area (Å²) in [5.41, 5.74) is 0.354. The molecule has 0 aromatic heterocycles. The highest BCUT2D eigenvalue weighted by molar-refractivity contribution is 6.42. The summed E-state index contributed by atoms with van der Waals surface area (Å²) in [5, 5.41) is 9.20. The molecule has 2 aromatic carbocycles. The van der Waals surface area contributed by atoms with Crippen molar-refractivity contribution in [1.82, 2.24) is 15.5 Å². The van der Waals surface area contributed by atoms with E-state index in [2.05, 4.69) is 20.9 Å². The molecule has 1 atom stereocenters. The van der Waals surface area contributed by atoms with Gasteiger partial charge in [-0.3, -0.25) is 4.79 Å². The lowest BCUT2D eigenvalue weighted by Gasteiger charge is -2.32. The summed E-state index contributed by atoms with van der Waals surface area (Å²) in [7, 11) is 0. The van der Waals surface area contributed by atoms with Crippen LogP contribution < -0.4 is 16.0 Å². The quantitative estimate of drug-likeness (QED) is 0.200. The highest BCUT2D eigenvalue weighted by Gasteiger charge is 2.30. The van der Waals surface area contributed by atoms with Gasteiger partial charge in [0.25, 0.3) is 0 Å². The molecule has 11 heteroatoms. The van der Waals surface area contributed by atoms with Gasteiger partial charge in [0.1, 0.15) is 0 Å². The smallest absolute Gasteiger partial charge is 0.353 e. The molecular formula is C28H33Cl2F3N4O2. The average molecular weight is 585 g/mol. The van der Waals surface area contributed by atoms with Gasteiger partial charge in [-0.2, -0.15) is 13.2 Å². The lowest BCUT2D eigenvalue weighted by Crippen LogP contribution is -2.42. The summed E-state index contributed by atoms with van der Waals surface area (Å²) < 4.78 is 38.0. The van der Waals surface area contributed by atoms with Gasteiger partial charge in [-0.05, 0) is 92.7 Å². The van der Waals surface area contributed by atoms with E-state index in [1.165, 1.54) is 18.2 Å². The molecule has 1 aliphatic rings. The van der Waals surface area contributed by atoms with Gasteiger partial charge in [-0.1, -0.05) is 35.7 Å². The number of carbonyl (C=O) groups excluding carboxylic acids is 2. The molecule has 0 radical (unpaired) electrons. The molecule has 3 rings (SSSR count). The second-order valence-electron chi connectivity index (χ2n) is 9.58. The minimum atomic E-state index is -4.41. The van der Waals surface area contributed by atoms with Gasteiger partial charge in [0.05, 0.1) is 15.6 Å². The van der Waals surface area contributed by atoms with Crippen molar-refractivity contribution in [2.45, 2.75) is 38.3 Å². The minimum Gasteiger partial charge on any atom is -0.353 e. The van der Waals surface area contributed by atoms with Crippen LogP contribution in [0.2, 0.25) is 10.0 Å². The number of anilines is 1. The van der Waals surface area contributed by atoms with Gasteiger partial charge in [0.2, 0.25) is 5.91 Å². The van der Waals surface area contributed by atoms with Crippen LogP contribution in [0.4, 0.5) is 23.7 Å². The molecule has 1 fully saturated rings. The van der Waals surface area contributed by atoms with Crippen LogP contribution in [-0.4, -0.2) is 49.6 Å². The van der Waals surface area contributed by atoms with Crippen LogP contribution in [0.15, 0.2) is 48.5 Å². The second kappa shape index (κ2) is 15.1. The predicted molar refractivity (Wildman–Crippen MR) is 150 cm³/mol. The van der Waals surface area contributed by atoms with E-state index < -0.39 is 17.8 Å². The number of unbranched alkanes of at least 4 members (excludes halogenated alkanes) is 2. The molecule has 1 heterocycles. The fourth-order valence-corrected chi connectivity index (χ4v) is 4.68. The zero-order chi connectivity index (χ0) is 28.3. The predicted octanol–water partition coefficient (Wildman–Crippen LogP) is 6.85. The Hall–Kier alpha value is -2.75. The monoisotopic (exact) mass is 584 g/mol.